The molecule has 0 amide bonds. The van der Waals surface area contributed by atoms with Crippen LogP contribution in [0.25, 0.3) is 0 Å². The second-order valence-electron chi connectivity index (χ2n) is 5.75. The van der Waals surface area contributed by atoms with E-state index in [-0.39, 0.29) is 0 Å². The maximum Gasteiger partial charge on any atom is 0.165 e. The second-order valence-corrected chi connectivity index (χ2v) is 5.75. The number of hydrogen-bond acceptors (Lipinski definition) is 4. The molecule has 3 rings (SSSR count). The van der Waals surface area contributed by atoms with E-state index in [1.54, 1.807) is 0 Å². The lowest BCUT2D eigenvalue weighted by molar-refractivity contribution is 0.169. The summed E-state index contributed by atoms with van der Waals surface area (Å²) in [6.07, 6.45) is 1.96. The maximum absolute atomic E-state index is 5.77. The Morgan fingerprint density at radius 2 is 1.96 bits per heavy atom. The van der Waals surface area contributed by atoms with Gasteiger partial charge in [-0.1, -0.05) is 26.0 Å². The van der Waals surface area contributed by atoms with E-state index in [9.17, 15) is 0 Å². The van der Waals surface area contributed by atoms with Crippen LogP contribution in [0.1, 0.15) is 36.4 Å². The second kappa shape index (κ2) is 7.04. The lowest BCUT2D eigenvalue weighted by Gasteiger charge is -2.21. The Morgan fingerprint density at radius 3 is 2.74 bits per heavy atom. The number of benzene rings is 1. The Kier molecular flexibility index (Phi) is 4.86. The monoisotopic (exact) mass is 315 g/mol. The van der Waals surface area contributed by atoms with Crippen LogP contribution >= 0.6 is 0 Å². The highest BCUT2D eigenvalue weighted by Gasteiger charge is 2.16. The van der Waals surface area contributed by atoms with Gasteiger partial charge in [0.15, 0.2) is 11.5 Å². The number of fused-ring (bicyclic) bond motifs is 1. The summed E-state index contributed by atoms with van der Waals surface area (Å²) in [6.45, 7) is 7.16. The fourth-order valence-electron chi connectivity index (χ4n) is 3.19. The summed E-state index contributed by atoms with van der Waals surface area (Å²) in [7, 11) is 2.03. The van der Waals surface area contributed by atoms with Gasteiger partial charge in [-0.2, -0.15) is 5.10 Å². The minimum Gasteiger partial charge on any atom is -0.486 e. The SMILES string of the molecule is CCc1nn(C)c(CC)c1CNCc1cccc2c1OCCO2. The molecule has 0 unspecified atom stereocenters. The topological polar surface area (TPSA) is 48.3 Å². The smallest absolute Gasteiger partial charge is 0.165 e. The van der Waals surface area contributed by atoms with Gasteiger partial charge < -0.3 is 14.8 Å². The highest BCUT2D eigenvalue weighted by molar-refractivity contribution is 5.47. The van der Waals surface area contributed by atoms with E-state index in [0.29, 0.717) is 13.2 Å². The molecule has 1 aromatic carbocycles. The van der Waals surface area contributed by atoms with Gasteiger partial charge in [-0.25, -0.2) is 0 Å². The Labute approximate surface area is 137 Å². The van der Waals surface area contributed by atoms with Crippen LogP contribution in [0.4, 0.5) is 0 Å². The van der Waals surface area contributed by atoms with Crippen molar-refractivity contribution in [3.05, 3.63) is 40.7 Å². The number of aryl methyl sites for hydroxylation is 2. The summed E-state index contributed by atoms with van der Waals surface area (Å²) in [4.78, 5) is 0. The van der Waals surface area contributed by atoms with E-state index in [0.717, 1.165) is 43.0 Å². The van der Waals surface area contributed by atoms with Crippen LogP contribution < -0.4 is 14.8 Å². The third-order valence-corrected chi connectivity index (χ3v) is 4.29. The van der Waals surface area contributed by atoms with Gasteiger partial charge in [0.2, 0.25) is 0 Å². The quantitative estimate of drug-likeness (QED) is 0.890. The van der Waals surface area contributed by atoms with Crippen molar-refractivity contribution in [3.63, 3.8) is 0 Å². The molecule has 2 heterocycles. The Bertz CT molecular complexity index is 679. The van der Waals surface area contributed by atoms with Crippen LogP contribution in [0.15, 0.2) is 18.2 Å². The van der Waals surface area contributed by atoms with Crippen LogP contribution in [-0.4, -0.2) is 23.0 Å². The van der Waals surface area contributed by atoms with Crippen molar-refractivity contribution < 1.29 is 9.47 Å². The van der Waals surface area contributed by atoms with Gasteiger partial charge >= 0.3 is 0 Å². The number of rotatable bonds is 6. The standard InChI is InChI=1S/C18H25N3O2/c1-4-15-14(16(5-2)21(3)20-15)12-19-11-13-7-6-8-17-18(13)23-10-9-22-17/h6-8,19H,4-5,9-12H2,1-3H3. The first-order valence-corrected chi connectivity index (χ1v) is 8.36. The minimum absolute atomic E-state index is 0.618. The van der Waals surface area contributed by atoms with Gasteiger partial charge in [-0.15, -0.1) is 0 Å². The van der Waals surface area contributed by atoms with Crippen molar-refractivity contribution in [2.75, 3.05) is 13.2 Å². The molecule has 0 aliphatic carbocycles. The molecular formula is C18H25N3O2. The first kappa shape index (κ1) is 15.9. The maximum atomic E-state index is 5.77. The number of nitrogens with zero attached hydrogens (tertiary/aromatic N) is 2. The van der Waals surface area contributed by atoms with Crippen molar-refractivity contribution >= 4 is 0 Å². The van der Waals surface area contributed by atoms with Crippen LogP contribution in [0, 0.1) is 0 Å². The average Bonchev–Trinajstić information content (AvgIpc) is 2.90. The minimum atomic E-state index is 0.618. The van der Waals surface area contributed by atoms with Crippen molar-refractivity contribution in [1.82, 2.24) is 15.1 Å². The number of para-hydroxylation sites is 1. The summed E-state index contributed by atoms with van der Waals surface area (Å²) >= 11 is 0. The zero-order chi connectivity index (χ0) is 16.2. The van der Waals surface area contributed by atoms with Gasteiger partial charge in [0.1, 0.15) is 13.2 Å². The highest BCUT2D eigenvalue weighted by atomic mass is 16.6. The molecule has 0 radical (unpaired) electrons. The predicted octanol–water partition coefficient (Wildman–Crippen LogP) is 2.61. The largest absolute Gasteiger partial charge is 0.486 e. The fraction of sp³-hybridized carbons (Fsp3) is 0.500. The zero-order valence-corrected chi connectivity index (χ0v) is 14.2. The highest BCUT2D eigenvalue weighted by Crippen LogP contribution is 2.33. The molecule has 1 aliphatic heterocycles. The molecule has 0 saturated heterocycles. The van der Waals surface area contributed by atoms with Gasteiger partial charge in [0.05, 0.1) is 5.69 Å². The van der Waals surface area contributed by atoms with E-state index >= 15 is 0 Å². The van der Waals surface area contributed by atoms with E-state index in [1.807, 2.05) is 23.9 Å². The average molecular weight is 315 g/mol. The van der Waals surface area contributed by atoms with Crippen molar-refractivity contribution in [2.24, 2.45) is 7.05 Å². The molecular weight excluding hydrogens is 290 g/mol. The van der Waals surface area contributed by atoms with Gasteiger partial charge in [-0.3, -0.25) is 4.68 Å². The van der Waals surface area contributed by atoms with Crippen molar-refractivity contribution in [1.29, 1.82) is 0 Å². The number of hydrogen-bond donors (Lipinski definition) is 1. The Balaban J connectivity index is 1.71. The van der Waals surface area contributed by atoms with Crippen LogP contribution in [-0.2, 0) is 33.0 Å². The van der Waals surface area contributed by atoms with Gasteiger partial charge in [0.25, 0.3) is 0 Å². The lowest BCUT2D eigenvalue weighted by Crippen LogP contribution is -2.19. The zero-order valence-electron chi connectivity index (χ0n) is 14.2. The molecule has 0 fully saturated rings. The molecule has 0 bridgehead atoms. The molecule has 1 N–H and O–H groups in total. The molecule has 23 heavy (non-hydrogen) atoms. The summed E-state index contributed by atoms with van der Waals surface area (Å²) in [5, 5.41) is 8.17. The van der Waals surface area contributed by atoms with Crippen molar-refractivity contribution in [2.45, 2.75) is 39.8 Å². The molecule has 2 aromatic rings. The molecule has 1 aromatic heterocycles. The van der Waals surface area contributed by atoms with E-state index in [1.165, 1.54) is 17.0 Å². The summed E-state index contributed by atoms with van der Waals surface area (Å²) < 4.78 is 13.4. The van der Waals surface area contributed by atoms with Gasteiger partial charge in [0, 0.05) is 37.0 Å². The van der Waals surface area contributed by atoms with Crippen LogP contribution in [0.2, 0.25) is 0 Å². The third-order valence-electron chi connectivity index (χ3n) is 4.29. The molecule has 124 valence electrons. The predicted molar refractivity (Wildman–Crippen MR) is 89.9 cm³/mol. The summed E-state index contributed by atoms with van der Waals surface area (Å²) in [5.74, 6) is 1.73. The summed E-state index contributed by atoms with van der Waals surface area (Å²) in [6, 6.07) is 6.07. The lowest BCUT2D eigenvalue weighted by atomic mass is 10.1. The van der Waals surface area contributed by atoms with Crippen LogP contribution in [0.5, 0.6) is 11.5 Å². The normalized spacial score (nSPS) is 13.3. The molecule has 0 saturated carbocycles. The number of aromatic nitrogens is 2. The van der Waals surface area contributed by atoms with E-state index in [4.69, 9.17) is 9.47 Å². The number of nitrogens with one attached hydrogen (secondary N) is 1. The molecule has 5 heteroatoms. The Morgan fingerprint density at radius 1 is 1.13 bits per heavy atom. The molecule has 1 aliphatic rings. The first-order valence-electron chi connectivity index (χ1n) is 8.36. The van der Waals surface area contributed by atoms with Crippen molar-refractivity contribution in [3.8, 4) is 11.5 Å². The van der Waals surface area contributed by atoms with E-state index < -0.39 is 0 Å². The Hall–Kier alpha value is -2.01. The third kappa shape index (κ3) is 3.20. The summed E-state index contributed by atoms with van der Waals surface area (Å²) in [5.41, 5.74) is 4.97. The number of ether oxygens (including phenoxy) is 2. The van der Waals surface area contributed by atoms with Gasteiger partial charge in [-0.05, 0) is 18.9 Å². The fourth-order valence-corrected chi connectivity index (χ4v) is 3.19. The molecule has 0 atom stereocenters. The molecule has 0 spiro atoms. The first-order chi connectivity index (χ1) is 11.2. The van der Waals surface area contributed by atoms with Crippen LogP contribution in [0.3, 0.4) is 0 Å². The van der Waals surface area contributed by atoms with E-state index in [2.05, 4.69) is 30.3 Å². The molecule has 5 nitrogen and oxygen atoms in total.